The SMILES string of the molecule is CN=CC(=CN)c1cnc2ccc(C)cc2n1. The van der Waals surface area contributed by atoms with Crippen molar-refractivity contribution in [1.29, 1.82) is 0 Å². The summed E-state index contributed by atoms with van der Waals surface area (Å²) >= 11 is 0. The monoisotopic (exact) mass is 226 g/mol. The van der Waals surface area contributed by atoms with E-state index >= 15 is 0 Å². The zero-order valence-corrected chi connectivity index (χ0v) is 9.88. The van der Waals surface area contributed by atoms with Crippen molar-refractivity contribution in [2.45, 2.75) is 6.92 Å². The molecule has 0 spiro atoms. The zero-order valence-electron chi connectivity index (χ0n) is 9.88. The second-order valence-corrected chi connectivity index (χ2v) is 3.76. The first-order valence-corrected chi connectivity index (χ1v) is 5.32. The lowest BCUT2D eigenvalue weighted by Gasteiger charge is -2.03. The lowest BCUT2D eigenvalue weighted by molar-refractivity contribution is 1.25. The largest absolute Gasteiger partial charge is 0.404 e. The molecule has 1 aromatic carbocycles. The van der Waals surface area contributed by atoms with E-state index in [2.05, 4.69) is 15.0 Å². The molecule has 0 aliphatic heterocycles. The number of hydrogen-bond donors (Lipinski definition) is 1. The van der Waals surface area contributed by atoms with Crippen LogP contribution in [0, 0.1) is 6.92 Å². The molecule has 86 valence electrons. The van der Waals surface area contributed by atoms with E-state index in [1.54, 1.807) is 19.5 Å². The van der Waals surface area contributed by atoms with Gasteiger partial charge in [-0.2, -0.15) is 0 Å². The fraction of sp³-hybridized carbons (Fsp3) is 0.154. The lowest BCUT2D eigenvalue weighted by atomic mass is 10.2. The standard InChI is InChI=1S/C13H14N4/c1-9-3-4-11-12(5-9)17-13(8-16-11)10(6-14)7-15-2/h3-8H,14H2,1-2H3. The van der Waals surface area contributed by atoms with Crippen molar-refractivity contribution in [3.05, 3.63) is 41.9 Å². The lowest BCUT2D eigenvalue weighted by Crippen LogP contribution is -1.96. The van der Waals surface area contributed by atoms with Crippen LogP contribution in [-0.4, -0.2) is 23.2 Å². The highest BCUT2D eigenvalue weighted by Gasteiger charge is 2.03. The van der Waals surface area contributed by atoms with Gasteiger partial charge in [-0.05, 0) is 24.6 Å². The van der Waals surface area contributed by atoms with Crippen LogP contribution in [0.4, 0.5) is 0 Å². The molecule has 0 unspecified atom stereocenters. The van der Waals surface area contributed by atoms with E-state index in [0.29, 0.717) is 0 Å². The van der Waals surface area contributed by atoms with E-state index in [1.165, 1.54) is 6.20 Å². The molecule has 0 aliphatic carbocycles. The summed E-state index contributed by atoms with van der Waals surface area (Å²) in [6.07, 6.45) is 4.86. The molecule has 0 saturated carbocycles. The molecule has 4 nitrogen and oxygen atoms in total. The number of aromatic nitrogens is 2. The van der Waals surface area contributed by atoms with Crippen LogP contribution in [0.1, 0.15) is 11.3 Å². The van der Waals surface area contributed by atoms with Gasteiger partial charge in [0.05, 0.1) is 22.9 Å². The van der Waals surface area contributed by atoms with Crippen molar-refractivity contribution in [2.75, 3.05) is 7.05 Å². The van der Waals surface area contributed by atoms with Crippen molar-refractivity contribution >= 4 is 22.8 Å². The maximum atomic E-state index is 5.54. The fourth-order valence-electron chi connectivity index (χ4n) is 1.59. The van der Waals surface area contributed by atoms with Gasteiger partial charge in [0.1, 0.15) is 0 Å². The van der Waals surface area contributed by atoms with E-state index < -0.39 is 0 Å². The Bertz CT molecular complexity index is 599. The molecule has 4 heteroatoms. The van der Waals surface area contributed by atoms with Crippen LogP contribution in [-0.2, 0) is 0 Å². The summed E-state index contributed by atoms with van der Waals surface area (Å²) in [5.74, 6) is 0. The van der Waals surface area contributed by atoms with Gasteiger partial charge in [-0.15, -0.1) is 0 Å². The summed E-state index contributed by atoms with van der Waals surface area (Å²) in [5.41, 5.74) is 9.95. The molecule has 2 aromatic rings. The predicted octanol–water partition coefficient (Wildman–Crippen LogP) is 1.94. The zero-order chi connectivity index (χ0) is 12.3. The van der Waals surface area contributed by atoms with Crippen molar-refractivity contribution in [3.8, 4) is 0 Å². The van der Waals surface area contributed by atoms with Crippen LogP contribution in [0.5, 0.6) is 0 Å². The maximum absolute atomic E-state index is 5.54. The quantitative estimate of drug-likeness (QED) is 0.796. The van der Waals surface area contributed by atoms with Crippen LogP contribution < -0.4 is 5.73 Å². The van der Waals surface area contributed by atoms with Crippen LogP contribution in [0.3, 0.4) is 0 Å². The molecule has 17 heavy (non-hydrogen) atoms. The van der Waals surface area contributed by atoms with Gasteiger partial charge in [0.15, 0.2) is 0 Å². The second-order valence-electron chi connectivity index (χ2n) is 3.76. The third kappa shape index (κ3) is 2.30. The molecule has 0 aliphatic rings. The van der Waals surface area contributed by atoms with E-state index in [-0.39, 0.29) is 0 Å². The van der Waals surface area contributed by atoms with Gasteiger partial charge in [0.2, 0.25) is 0 Å². The molecule has 0 atom stereocenters. The molecule has 0 radical (unpaired) electrons. The predicted molar refractivity (Wildman–Crippen MR) is 70.9 cm³/mol. The Morgan fingerprint density at radius 2 is 2.18 bits per heavy atom. The molecule has 2 rings (SSSR count). The van der Waals surface area contributed by atoms with Gasteiger partial charge in [-0.3, -0.25) is 9.98 Å². The number of fused-ring (bicyclic) bond motifs is 1. The summed E-state index contributed by atoms with van der Waals surface area (Å²) in [6.45, 7) is 2.03. The average molecular weight is 226 g/mol. The number of hydrogen-bond acceptors (Lipinski definition) is 4. The average Bonchev–Trinajstić information content (AvgIpc) is 2.35. The van der Waals surface area contributed by atoms with Crippen LogP contribution in [0.25, 0.3) is 16.6 Å². The number of benzene rings is 1. The van der Waals surface area contributed by atoms with Gasteiger partial charge < -0.3 is 5.73 Å². The van der Waals surface area contributed by atoms with Crippen LogP contribution >= 0.6 is 0 Å². The Morgan fingerprint density at radius 1 is 1.35 bits per heavy atom. The first-order valence-electron chi connectivity index (χ1n) is 5.32. The molecule has 0 fully saturated rings. The van der Waals surface area contributed by atoms with Gasteiger partial charge in [0.25, 0.3) is 0 Å². The molecule has 0 bridgehead atoms. The van der Waals surface area contributed by atoms with E-state index in [1.807, 2.05) is 25.1 Å². The molecule has 0 saturated heterocycles. The number of nitrogens with zero attached hydrogens (tertiary/aromatic N) is 3. The van der Waals surface area contributed by atoms with Crippen LogP contribution in [0.2, 0.25) is 0 Å². The molecular weight excluding hydrogens is 212 g/mol. The highest BCUT2D eigenvalue weighted by molar-refractivity contribution is 6.09. The van der Waals surface area contributed by atoms with E-state index in [4.69, 9.17) is 5.73 Å². The highest BCUT2D eigenvalue weighted by Crippen LogP contribution is 2.15. The molecule has 1 aromatic heterocycles. The van der Waals surface area contributed by atoms with Crippen molar-refractivity contribution in [2.24, 2.45) is 10.7 Å². The van der Waals surface area contributed by atoms with E-state index in [0.717, 1.165) is 27.9 Å². The number of aliphatic imine (C=N–C) groups is 1. The van der Waals surface area contributed by atoms with Gasteiger partial charge in [0, 0.05) is 25.0 Å². The number of rotatable bonds is 2. The summed E-state index contributed by atoms with van der Waals surface area (Å²) in [6, 6.07) is 5.98. The van der Waals surface area contributed by atoms with Gasteiger partial charge >= 0.3 is 0 Å². The van der Waals surface area contributed by atoms with Crippen molar-refractivity contribution in [1.82, 2.24) is 9.97 Å². The third-order valence-electron chi connectivity index (χ3n) is 2.44. The van der Waals surface area contributed by atoms with Gasteiger partial charge in [-0.1, -0.05) is 6.07 Å². The smallest absolute Gasteiger partial charge is 0.0922 e. The summed E-state index contributed by atoms with van der Waals surface area (Å²) < 4.78 is 0. The Balaban J connectivity index is 2.57. The molecule has 1 heterocycles. The fourth-order valence-corrected chi connectivity index (χ4v) is 1.59. The van der Waals surface area contributed by atoms with Gasteiger partial charge in [-0.25, -0.2) is 4.98 Å². The second kappa shape index (κ2) is 4.74. The molecular formula is C13H14N4. The number of allylic oxidation sites excluding steroid dienone is 1. The molecule has 0 amide bonds. The Labute approximate surface area is 99.9 Å². The summed E-state index contributed by atoms with van der Waals surface area (Å²) in [5, 5.41) is 0. The Kier molecular flexibility index (Phi) is 3.14. The van der Waals surface area contributed by atoms with E-state index in [9.17, 15) is 0 Å². The minimum Gasteiger partial charge on any atom is -0.404 e. The first-order chi connectivity index (χ1) is 8.24. The first kappa shape index (κ1) is 11.3. The Hall–Kier alpha value is -2.23. The highest BCUT2D eigenvalue weighted by atomic mass is 14.8. The minimum absolute atomic E-state index is 0.733. The molecule has 2 N–H and O–H groups in total. The number of aryl methyl sites for hydroxylation is 1. The third-order valence-corrected chi connectivity index (χ3v) is 2.44. The summed E-state index contributed by atoms with van der Waals surface area (Å²) in [7, 11) is 1.70. The van der Waals surface area contributed by atoms with Crippen molar-refractivity contribution in [3.63, 3.8) is 0 Å². The van der Waals surface area contributed by atoms with Crippen LogP contribution in [0.15, 0.2) is 35.6 Å². The summed E-state index contributed by atoms with van der Waals surface area (Å²) in [4.78, 5) is 12.8. The normalized spacial score (nSPS) is 12.5. The van der Waals surface area contributed by atoms with Crippen molar-refractivity contribution < 1.29 is 0 Å². The maximum Gasteiger partial charge on any atom is 0.0922 e. The Morgan fingerprint density at radius 3 is 2.88 bits per heavy atom. The minimum atomic E-state index is 0.733. The topological polar surface area (TPSA) is 64.2 Å². The number of nitrogens with two attached hydrogens (primary N) is 1.